The lowest BCUT2D eigenvalue weighted by Crippen LogP contribution is -2.56. The minimum atomic E-state index is -0.978. The van der Waals surface area contributed by atoms with Crippen LogP contribution in [0.3, 0.4) is 0 Å². The first-order valence-corrected chi connectivity index (χ1v) is 14.1. The number of hydrogen-bond donors (Lipinski definition) is 5. The number of alkyl carbamates (subject to hydrolysis) is 1. The van der Waals surface area contributed by atoms with Crippen molar-refractivity contribution in [3.05, 3.63) is 77.9 Å². The molecule has 0 saturated heterocycles. The first-order valence-electron chi connectivity index (χ1n) is 14.1. The molecule has 5 atom stereocenters. The van der Waals surface area contributed by atoms with Gasteiger partial charge in [-0.05, 0) is 48.9 Å². The summed E-state index contributed by atoms with van der Waals surface area (Å²) < 4.78 is 5.35. The van der Waals surface area contributed by atoms with Crippen LogP contribution in [-0.4, -0.2) is 47.0 Å². The van der Waals surface area contributed by atoms with Gasteiger partial charge in [0.25, 0.3) is 0 Å². The van der Waals surface area contributed by atoms with E-state index in [0.717, 1.165) is 30.4 Å². The Morgan fingerprint density at radius 1 is 0.902 bits per heavy atom. The number of amides is 4. The topological polar surface area (TPSA) is 160 Å². The Kier molecular flexibility index (Phi) is 10.4. The van der Waals surface area contributed by atoms with E-state index in [9.17, 15) is 24.3 Å². The van der Waals surface area contributed by atoms with Crippen LogP contribution >= 0.6 is 0 Å². The number of benzene rings is 2. The molecule has 10 heteroatoms. The number of aromatic hydroxyl groups is 1. The molecule has 41 heavy (non-hydrogen) atoms. The minimum Gasteiger partial charge on any atom is -0.508 e. The first kappa shape index (κ1) is 29.6. The highest BCUT2D eigenvalue weighted by Crippen LogP contribution is 2.26. The van der Waals surface area contributed by atoms with Crippen molar-refractivity contribution in [1.29, 1.82) is 0 Å². The molecule has 2 aromatic rings. The van der Waals surface area contributed by atoms with Crippen LogP contribution in [0, 0.1) is 11.8 Å². The van der Waals surface area contributed by atoms with Crippen molar-refractivity contribution < 1.29 is 29.0 Å². The molecule has 1 saturated carbocycles. The SMILES string of the molecule is NC(=O)[C@@H]1CCC=C[C@@H]1NC(=O)C1CCCCC1NC(=O)[C@H](Cc1ccc(O)cc1)NC(=O)OCc1ccccc1. The molecule has 0 aromatic heterocycles. The molecule has 2 aromatic carbocycles. The molecular weight excluding hydrogens is 524 g/mol. The molecule has 0 heterocycles. The van der Waals surface area contributed by atoms with Gasteiger partial charge in [0.05, 0.1) is 17.9 Å². The van der Waals surface area contributed by atoms with Crippen LogP contribution in [0.15, 0.2) is 66.7 Å². The van der Waals surface area contributed by atoms with Gasteiger partial charge in [-0.15, -0.1) is 0 Å². The van der Waals surface area contributed by atoms with Gasteiger partial charge in [-0.1, -0.05) is 67.5 Å². The smallest absolute Gasteiger partial charge is 0.408 e. The zero-order valence-electron chi connectivity index (χ0n) is 23.0. The Labute approximate surface area is 239 Å². The van der Waals surface area contributed by atoms with Crippen LogP contribution in [0.4, 0.5) is 4.79 Å². The number of rotatable bonds is 10. The second-order valence-electron chi connectivity index (χ2n) is 10.7. The van der Waals surface area contributed by atoms with Gasteiger partial charge in [-0.2, -0.15) is 0 Å². The minimum absolute atomic E-state index is 0.0486. The van der Waals surface area contributed by atoms with Crippen molar-refractivity contribution in [3.63, 3.8) is 0 Å². The van der Waals surface area contributed by atoms with Gasteiger partial charge < -0.3 is 31.5 Å². The Morgan fingerprint density at radius 3 is 2.37 bits per heavy atom. The second-order valence-corrected chi connectivity index (χ2v) is 10.7. The van der Waals surface area contributed by atoms with Gasteiger partial charge in [0, 0.05) is 12.5 Å². The lowest BCUT2D eigenvalue weighted by atomic mass is 9.82. The fourth-order valence-corrected chi connectivity index (χ4v) is 5.46. The van der Waals surface area contributed by atoms with E-state index in [1.54, 1.807) is 12.1 Å². The molecule has 2 aliphatic rings. The summed E-state index contributed by atoms with van der Waals surface area (Å²) in [6.07, 6.45) is 7.33. The summed E-state index contributed by atoms with van der Waals surface area (Å²) in [6, 6.07) is 13.7. The molecule has 2 unspecified atom stereocenters. The third-order valence-corrected chi connectivity index (χ3v) is 7.72. The van der Waals surface area contributed by atoms with Crippen LogP contribution in [0.5, 0.6) is 5.75 Å². The van der Waals surface area contributed by atoms with Crippen molar-refractivity contribution in [1.82, 2.24) is 16.0 Å². The third kappa shape index (κ3) is 8.57. The predicted octanol–water partition coefficient (Wildman–Crippen LogP) is 2.84. The number of phenols is 1. The van der Waals surface area contributed by atoms with Gasteiger partial charge in [-0.3, -0.25) is 14.4 Å². The average molecular weight is 563 g/mol. The highest BCUT2D eigenvalue weighted by atomic mass is 16.5. The number of nitrogens with two attached hydrogens (primary N) is 1. The summed E-state index contributed by atoms with van der Waals surface area (Å²) in [5.74, 6) is -1.99. The maximum Gasteiger partial charge on any atom is 0.408 e. The molecule has 4 rings (SSSR count). The molecule has 10 nitrogen and oxygen atoms in total. The number of hydrogen-bond acceptors (Lipinski definition) is 6. The number of primary amides is 1. The number of carbonyl (C=O) groups excluding carboxylic acids is 4. The third-order valence-electron chi connectivity index (χ3n) is 7.72. The highest BCUT2D eigenvalue weighted by molar-refractivity contribution is 5.88. The number of carbonyl (C=O) groups is 4. The zero-order chi connectivity index (χ0) is 29.2. The largest absolute Gasteiger partial charge is 0.508 e. The normalized spacial score (nSPS) is 22.6. The van der Waals surface area contributed by atoms with E-state index in [1.165, 1.54) is 12.1 Å². The van der Waals surface area contributed by atoms with E-state index in [1.807, 2.05) is 42.5 Å². The zero-order valence-corrected chi connectivity index (χ0v) is 23.0. The average Bonchev–Trinajstić information content (AvgIpc) is 2.97. The molecule has 2 aliphatic carbocycles. The second kappa shape index (κ2) is 14.3. The van der Waals surface area contributed by atoms with E-state index in [-0.39, 0.29) is 24.7 Å². The maximum absolute atomic E-state index is 13.6. The first-order chi connectivity index (χ1) is 19.8. The molecule has 1 fully saturated rings. The van der Waals surface area contributed by atoms with Gasteiger partial charge in [0.2, 0.25) is 17.7 Å². The van der Waals surface area contributed by atoms with E-state index >= 15 is 0 Å². The molecule has 0 radical (unpaired) electrons. The quantitative estimate of drug-likeness (QED) is 0.280. The molecule has 0 spiro atoms. The van der Waals surface area contributed by atoms with Gasteiger partial charge >= 0.3 is 6.09 Å². The summed E-state index contributed by atoms with van der Waals surface area (Å²) in [7, 11) is 0. The van der Waals surface area contributed by atoms with E-state index < -0.39 is 47.9 Å². The van der Waals surface area contributed by atoms with E-state index in [2.05, 4.69) is 16.0 Å². The fourth-order valence-electron chi connectivity index (χ4n) is 5.46. The summed E-state index contributed by atoms with van der Waals surface area (Å²) in [6.45, 7) is 0.0486. The van der Waals surface area contributed by atoms with Gasteiger partial charge in [0.15, 0.2) is 0 Å². The monoisotopic (exact) mass is 562 g/mol. The molecular formula is C31H38N4O6. The Bertz CT molecular complexity index is 1230. The lowest BCUT2D eigenvalue weighted by molar-refractivity contribution is -0.130. The van der Waals surface area contributed by atoms with Crippen molar-refractivity contribution in [3.8, 4) is 5.75 Å². The molecule has 6 N–H and O–H groups in total. The van der Waals surface area contributed by atoms with Gasteiger partial charge in [-0.25, -0.2) is 4.79 Å². The maximum atomic E-state index is 13.6. The molecule has 218 valence electrons. The van der Waals surface area contributed by atoms with Gasteiger partial charge in [0.1, 0.15) is 18.4 Å². The Balaban J connectivity index is 1.43. The summed E-state index contributed by atoms with van der Waals surface area (Å²) >= 11 is 0. The highest BCUT2D eigenvalue weighted by Gasteiger charge is 2.36. The number of phenolic OH excluding ortho intramolecular Hbond substituents is 1. The standard InChI is InChI=1S/C31H38N4O6/c32-28(37)23-10-4-6-12-25(23)33-29(38)24-11-5-7-13-26(24)34-30(39)27(18-20-14-16-22(36)17-15-20)35-31(40)41-19-21-8-2-1-3-9-21/h1-3,6,8-9,12,14-17,23-27,36H,4-5,7,10-11,13,18-19H2,(H2,32,37)(H,33,38)(H,34,39)(H,35,40)/t23-,24?,25+,26?,27+/m1/s1. The van der Waals surface area contributed by atoms with Crippen molar-refractivity contribution in [2.24, 2.45) is 17.6 Å². The molecule has 0 bridgehead atoms. The molecule has 4 amide bonds. The van der Waals surface area contributed by atoms with Crippen molar-refractivity contribution in [2.45, 2.75) is 69.7 Å². The number of allylic oxidation sites excluding steroid dienone is 1. The Morgan fingerprint density at radius 2 is 1.63 bits per heavy atom. The lowest BCUT2D eigenvalue weighted by Gasteiger charge is -2.34. The molecule has 0 aliphatic heterocycles. The Hall–Kier alpha value is -4.34. The van der Waals surface area contributed by atoms with Crippen LogP contribution in [0.2, 0.25) is 0 Å². The van der Waals surface area contributed by atoms with Crippen molar-refractivity contribution in [2.75, 3.05) is 0 Å². The summed E-state index contributed by atoms with van der Waals surface area (Å²) in [5.41, 5.74) is 7.10. The fraction of sp³-hybridized carbons (Fsp3) is 0.419. The van der Waals surface area contributed by atoms with Crippen LogP contribution in [0.1, 0.15) is 49.7 Å². The van der Waals surface area contributed by atoms with Crippen LogP contribution in [0.25, 0.3) is 0 Å². The number of nitrogens with one attached hydrogen (secondary N) is 3. The van der Waals surface area contributed by atoms with Crippen molar-refractivity contribution >= 4 is 23.8 Å². The number of ether oxygens (including phenoxy) is 1. The summed E-state index contributed by atoms with van der Waals surface area (Å²) in [4.78, 5) is 51.5. The summed E-state index contributed by atoms with van der Waals surface area (Å²) in [5, 5.41) is 18.3. The van der Waals surface area contributed by atoms with Crippen LogP contribution in [-0.2, 0) is 32.1 Å². The van der Waals surface area contributed by atoms with E-state index in [4.69, 9.17) is 10.5 Å². The predicted molar refractivity (Wildman–Crippen MR) is 152 cm³/mol. The van der Waals surface area contributed by atoms with Crippen LogP contribution < -0.4 is 21.7 Å². The van der Waals surface area contributed by atoms with E-state index in [0.29, 0.717) is 19.3 Å².